The van der Waals surface area contributed by atoms with Crippen molar-refractivity contribution in [2.45, 2.75) is 46.1 Å². The van der Waals surface area contributed by atoms with Crippen LogP contribution in [0.15, 0.2) is 85.2 Å². The first-order chi connectivity index (χ1) is 16.0. The van der Waals surface area contributed by atoms with Gasteiger partial charge in [-0.1, -0.05) is 69.0 Å². The van der Waals surface area contributed by atoms with Gasteiger partial charge in [0, 0.05) is 23.1 Å². The molecule has 0 bridgehead atoms. The van der Waals surface area contributed by atoms with Gasteiger partial charge in [0.25, 0.3) is 0 Å². The van der Waals surface area contributed by atoms with E-state index in [1.807, 2.05) is 35.2 Å². The third-order valence-electron chi connectivity index (χ3n) is 6.02. The van der Waals surface area contributed by atoms with Gasteiger partial charge in [-0.25, -0.2) is 0 Å². The number of anilines is 1. The minimum atomic E-state index is -1.16. The van der Waals surface area contributed by atoms with Gasteiger partial charge in [0.2, 0.25) is 0 Å². The summed E-state index contributed by atoms with van der Waals surface area (Å²) in [5, 5.41) is 10.5. The lowest BCUT2D eigenvalue weighted by Crippen LogP contribution is -2.30. The maximum Gasteiger partial charge on any atom is 0.119 e. The summed E-state index contributed by atoms with van der Waals surface area (Å²) in [6, 6.07) is 22.6. The highest BCUT2D eigenvalue weighted by atomic mass is 16.5. The summed E-state index contributed by atoms with van der Waals surface area (Å²) >= 11 is 0. The zero-order valence-electron chi connectivity index (χ0n) is 21.1. The van der Waals surface area contributed by atoms with E-state index in [4.69, 9.17) is 10.5 Å². The van der Waals surface area contributed by atoms with Crippen molar-refractivity contribution in [2.24, 2.45) is 5.73 Å². The Bertz CT molecular complexity index is 1200. The average molecular weight is 457 g/mol. The van der Waals surface area contributed by atoms with Crippen molar-refractivity contribution in [2.75, 3.05) is 12.0 Å². The third-order valence-corrected chi connectivity index (χ3v) is 6.02. The van der Waals surface area contributed by atoms with E-state index in [9.17, 15) is 5.11 Å². The number of benzene rings is 3. The smallest absolute Gasteiger partial charge is 0.119 e. The van der Waals surface area contributed by atoms with Crippen molar-refractivity contribution in [1.82, 2.24) is 0 Å². The highest BCUT2D eigenvalue weighted by Gasteiger charge is 2.22. The summed E-state index contributed by atoms with van der Waals surface area (Å²) in [7, 11) is 1.67. The first-order valence-electron chi connectivity index (χ1n) is 11.6. The monoisotopic (exact) mass is 456 g/mol. The topological polar surface area (TPSA) is 58.7 Å². The van der Waals surface area contributed by atoms with E-state index in [-0.39, 0.29) is 0 Å². The second-order valence-corrected chi connectivity index (χ2v) is 9.44. The molecule has 0 aliphatic carbocycles. The van der Waals surface area contributed by atoms with Crippen LogP contribution in [-0.4, -0.2) is 17.8 Å². The maximum atomic E-state index is 10.5. The van der Waals surface area contributed by atoms with Crippen LogP contribution in [0.1, 0.15) is 50.3 Å². The standard InChI is InChI=1S/C30H36N2O2/c1-20(2)26-13-8-9-14-28(26)32(19-29(31)30(5,6)33)22(4)27-16-15-24(17-21(27)3)23-11-10-12-25(18-23)34-7/h8-20,33H,4,31H2,1-3,5-7H3/b29-19-. The number of rotatable bonds is 8. The molecule has 0 aromatic heterocycles. The predicted molar refractivity (Wildman–Crippen MR) is 144 cm³/mol. The average Bonchev–Trinajstić information content (AvgIpc) is 2.81. The molecule has 4 heteroatoms. The van der Waals surface area contributed by atoms with E-state index in [0.717, 1.165) is 39.4 Å². The van der Waals surface area contributed by atoms with Crippen LogP contribution in [0.25, 0.3) is 16.8 Å². The Morgan fingerprint density at radius 2 is 1.71 bits per heavy atom. The van der Waals surface area contributed by atoms with Crippen LogP contribution >= 0.6 is 0 Å². The van der Waals surface area contributed by atoms with Gasteiger partial charge in [0.15, 0.2) is 0 Å². The van der Waals surface area contributed by atoms with Crippen molar-refractivity contribution < 1.29 is 9.84 Å². The molecule has 34 heavy (non-hydrogen) atoms. The van der Waals surface area contributed by atoms with Crippen LogP contribution < -0.4 is 15.4 Å². The van der Waals surface area contributed by atoms with Crippen molar-refractivity contribution in [1.29, 1.82) is 0 Å². The zero-order chi connectivity index (χ0) is 25.0. The Morgan fingerprint density at radius 3 is 2.32 bits per heavy atom. The highest BCUT2D eigenvalue weighted by Crippen LogP contribution is 2.35. The van der Waals surface area contributed by atoms with Gasteiger partial charge in [-0.2, -0.15) is 0 Å². The lowest BCUT2D eigenvalue weighted by molar-refractivity contribution is 0.118. The normalized spacial score (nSPS) is 12.1. The van der Waals surface area contributed by atoms with Crippen LogP contribution in [-0.2, 0) is 0 Å². The molecule has 0 radical (unpaired) electrons. The number of ether oxygens (including phenoxy) is 1. The van der Waals surface area contributed by atoms with E-state index < -0.39 is 5.60 Å². The van der Waals surface area contributed by atoms with E-state index in [1.54, 1.807) is 27.2 Å². The Hall–Kier alpha value is -3.50. The molecule has 3 aromatic rings. The molecule has 0 fully saturated rings. The molecule has 0 atom stereocenters. The van der Waals surface area contributed by atoms with Gasteiger partial charge in [0.1, 0.15) is 5.75 Å². The highest BCUT2D eigenvalue weighted by molar-refractivity contribution is 5.84. The summed E-state index contributed by atoms with van der Waals surface area (Å²) in [6.07, 6.45) is 1.79. The molecule has 178 valence electrons. The number of methoxy groups -OCH3 is 1. The van der Waals surface area contributed by atoms with E-state index >= 15 is 0 Å². The van der Waals surface area contributed by atoms with Gasteiger partial charge < -0.3 is 20.5 Å². The largest absolute Gasteiger partial charge is 0.497 e. The van der Waals surface area contributed by atoms with Gasteiger partial charge in [-0.15, -0.1) is 0 Å². The van der Waals surface area contributed by atoms with Crippen LogP contribution in [0.2, 0.25) is 0 Å². The fourth-order valence-corrected chi connectivity index (χ4v) is 3.88. The second-order valence-electron chi connectivity index (χ2n) is 9.44. The number of para-hydroxylation sites is 1. The summed E-state index contributed by atoms with van der Waals surface area (Å²) < 4.78 is 5.38. The molecule has 0 unspecified atom stereocenters. The van der Waals surface area contributed by atoms with E-state index in [0.29, 0.717) is 11.6 Å². The Labute approximate surface area is 204 Å². The second kappa shape index (κ2) is 10.2. The number of aryl methyl sites for hydroxylation is 1. The predicted octanol–water partition coefficient (Wildman–Crippen LogP) is 6.84. The number of nitrogens with two attached hydrogens (primary N) is 1. The Kier molecular flexibility index (Phi) is 7.53. The molecule has 3 rings (SSSR count). The molecule has 0 spiro atoms. The third kappa shape index (κ3) is 5.52. The van der Waals surface area contributed by atoms with Gasteiger partial charge in [-0.05, 0) is 67.1 Å². The quantitative estimate of drug-likeness (QED) is 0.389. The van der Waals surface area contributed by atoms with Gasteiger partial charge in [0.05, 0.1) is 18.4 Å². The fraction of sp³-hybridized carbons (Fsp3) is 0.267. The molecule has 3 aromatic carbocycles. The molecule has 0 saturated carbocycles. The fourth-order valence-electron chi connectivity index (χ4n) is 3.88. The lowest BCUT2D eigenvalue weighted by Gasteiger charge is -2.30. The maximum absolute atomic E-state index is 10.5. The van der Waals surface area contributed by atoms with E-state index in [1.165, 1.54) is 5.56 Å². The van der Waals surface area contributed by atoms with Gasteiger partial charge >= 0.3 is 0 Å². The van der Waals surface area contributed by atoms with E-state index in [2.05, 4.69) is 63.7 Å². The summed E-state index contributed by atoms with van der Waals surface area (Å²) in [5.74, 6) is 1.13. The molecule has 4 nitrogen and oxygen atoms in total. The first-order valence-corrected chi connectivity index (χ1v) is 11.6. The number of hydrogen-bond donors (Lipinski definition) is 2. The van der Waals surface area contributed by atoms with Crippen molar-refractivity contribution in [3.63, 3.8) is 0 Å². The minimum absolute atomic E-state index is 0.305. The summed E-state index contributed by atoms with van der Waals surface area (Å²) in [5.41, 5.74) is 12.8. The summed E-state index contributed by atoms with van der Waals surface area (Å²) in [4.78, 5) is 2.00. The molecule has 0 aliphatic heterocycles. The number of hydrogen-bond acceptors (Lipinski definition) is 4. The molecular formula is C30H36N2O2. The first kappa shape index (κ1) is 25.1. The lowest BCUT2D eigenvalue weighted by atomic mass is 9.96. The minimum Gasteiger partial charge on any atom is -0.497 e. The number of aliphatic hydroxyl groups is 1. The van der Waals surface area contributed by atoms with Crippen molar-refractivity contribution in [3.05, 3.63) is 102 Å². The van der Waals surface area contributed by atoms with Crippen LogP contribution in [0.3, 0.4) is 0 Å². The Morgan fingerprint density at radius 1 is 1.03 bits per heavy atom. The van der Waals surface area contributed by atoms with Crippen LogP contribution in [0, 0.1) is 6.92 Å². The molecule has 0 aliphatic rings. The molecule has 0 amide bonds. The molecular weight excluding hydrogens is 420 g/mol. The van der Waals surface area contributed by atoms with Crippen LogP contribution in [0.4, 0.5) is 5.69 Å². The molecule has 0 saturated heterocycles. The van der Waals surface area contributed by atoms with Crippen molar-refractivity contribution in [3.8, 4) is 16.9 Å². The Balaban J connectivity index is 2.10. The molecule has 3 N–H and O–H groups in total. The van der Waals surface area contributed by atoms with Crippen molar-refractivity contribution >= 4 is 11.4 Å². The molecule has 0 heterocycles. The SMILES string of the molecule is C=C(c1ccc(-c2cccc(OC)c2)cc1C)N(/C=C(\N)C(C)(C)O)c1ccccc1C(C)C. The zero-order valence-corrected chi connectivity index (χ0v) is 21.1. The number of nitrogens with zero attached hydrogens (tertiary/aromatic N) is 1. The summed E-state index contributed by atoms with van der Waals surface area (Å²) in [6.45, 7) is 14.2. The van der Waals surface area contributed by atoms with Crippen LogP contribution in [0.5, 0.6) is 5.75 Å². The van der Waals surface area contributed by atoms with Gasteiger partial charge in [-0.3, -0.25) is 0 Å².